The van der Waals surface area contributed by atoms with E-state index in [1.807, 2.05) is 0 Å². The van der Waals surface area contributed by atoms with Gasteiger partial charge in [-0.15, -0.1) is 0 Å². The predicted molar refractivity (Wildman–Crippen MR) is 246 cm³/mol. The Bertz CT molecular complexity index is 3040. The van der Waals surface area contributed by atoms with Crippen LogP contribution in [0.3, 0.4) is 0 Å². The molecule has 59 heavy (non-hydrogen) atoms. The summed E-state index contributed by atoms with van der Waals surface area (Å²) in [5.74, 6) is 0.613. The number of rotatable bonds is 5. The number of anilines is 3. The van der Waals surface area contributed by atoms with Crippen molar-refractivity contribution in [1.29, 1.82) is 0 Å². The zero-order chi connectivity index (χ0) is 39.3. The van der Waals surface area contributed by atoms with Gasteiger partial charge >= 0.3 is 0 Å². The summed E-state index contributed by atoms with van der Waals surface area (Å²) in [7, 11) is 0. The van der Waals surface area contributed by atoms with Gasteiger partial charge in [0.15, 0.2) is 0 Å². The lowest BCUT2D eigenvalue weighted by molar-refractivity contribution is 0.466. The Morgan fingerprint density at radius 2 is 0.983 bits per heavy atom. The molecule has 0 fully saturated rings. The summed E-state index contributed by atoms with van der Waals surface area (Å²) < 4.78 is 0. The van der Waals surface area contributed by atoms with Crippen LogP contribution in [-0.2, 0) is 10.8 Å². The van der Waals surface area contributed by atoms with Crippen LogP contribution in [0.15, 0.2) is 212 Å². The highest BCUT2D eigenvalue weighted by Crippen LogP contribution is 2.66. The zero-order valence-electron chi connectivity index (χ0n) is 33.3. The van der Waals surface area contributed by atoms with E-state index < -0.39 is 0 Å². The average molecular weight is 754 g/mol. The van der Waals surface area contributed by atoms with Gasteiger partial charge in [0.25, 0.3) is 0 Å². The summed E-state index contributed by atoms with van der Waals surface area (Å²) in [5, 5.41) is 0. The molecule has 0 aromatic heterocycles. The standard InChI is InChI=1S/C58H43N/c1-57(2)50-26-11-6-20-44(50)48-36-35-41(37-54(48)57)59(55-30-15-10-19-42(55)38-17-4-3-5-18-38)40-33-31-39(32-34-40)43-24-16-25-49-47-23-9-14-29-53(47)58(56(43)49)51-27-12-7-21-45(51)46-22-8-13-28-52(46)58/h3-37,45,51H,1-2H3. The van der Waals surface area contributed by atoms with Crippen LogP contribution in [0.4, 0.5) is 17.1 Å². The number of benzene rings is 8. The molecule has 0 aliphatic heterocycles. The van der Waals surface area contributed by atoms with Gasteiger partial charge < -0.3 is 4.90 Å². The summed E-state index contributed by atoms with van der Waals surface area (Å²) >= 11 is 0. The number of allylic oxidation sites excluding steroid dienone is 4. The third-order valence-corrected chi connectivity index (χ3v) is 14.0. The molecule has 0 bridgehead atoms. The number of fused-ring (bicyclic) bond motifs is 13. The highest BCUT2D eigenvalue weighted by molar-refractivity contribution is 5.94. The molecule has 3 unspecified atom stereocenters. The molecule has 8 aromatic rings. The van der Waals surface area contributed by atoms with Crippen LogP contribution >= 0.6 is 0 Å². The van der Waals surface area contributed by atoms with Crippen LogP contribution in [0.2, 0.25) is 0 Å². The SMILES string of the molecule is CC1(C)c2ccccc2-c2ccc(N(c3ccc(-c4cccc5c4C4(c6ccccc6-5)c5ccccc5C5C=CC=CC54)cc3)c3ccccc3-c3ccccc3)cc21. The van der Waals surface area contributed by atoms with Crippen LogP contribution in [0, 0.1) is 5.92 Å². The van der Waals surface area contributed by atoms with Crippen LogP contribution in [0.25, 0.3) is 44.5 Å². The third kappa shape index (κ3) is 4.73. The molecule has 8 aromatic carbocycles. The first-order valence-corrected chi connectivity index (χ1v) is 21.0. The summed E-state index contributed by atoms with van der Waals surface area (Å²) in [6.45, 7) is 4.73. The number of hydrogen-bond acceptors (Lipinski definition) is 1. The van der Waals surface area contributed by atoms with Crippen molar-refractivity contribution >= 4 is 17.1 Å². The molecule has 280 valence electrons. The summed E-state index contributed by atoms with van der Waals surface area (Å²) in [6.07, 6.45) is 9.42. The third-order valence-electron chi connectivity index (χ3n) is 14.0. The van der Waals surface area contributed by atoms with Crippen molar-refractivity contribution in [3.05, 3.63) is 246 Å². The van der Waals surface area contributed by atoms with E-state index in [2.05, 4.69) is 231 Å². The lowest BCUT2D eigenvalue weighted by Crippen LogP contribution is -2.33. The van der Waals surface area contributed by atoms with Crippen molar-refractivity contribution in [1.82, 2.24) is 0 Å². The molecule has 3 atom stereocenters. The van der Waals surface area contributed by atoms with Crippen LogP contribution in [-0.4, -0.2) is 0 Å². The minimum absolute atomic E-state index is 0.112. The molecule has 12 rings (SSSR count). The molecule has 1 heteroatoms. The van der Waals surface area contributed by atoms with Crippen LogP contribution < -0.4 is 4.90 Å². The van der Waals surface area contributed by atoms with E-state index in [0.29, 0.717) is 5.92 Å². The van der Waals surface area contributed by atoms with Gasteiger partial charge in [-0.1, -0.05) is 196 Å². The first-order chi connectivity index (χ1) is 29.0. The fraction of sp³-hybridized carbons (Fsp3) is 0.103. The van der Waals surface area contributed by atoms with Gasteiger partial charge in [-0.05, 0) is 103 Å². The van der Waals surface area contributed by atoms with Gasteiger partial charge in [0.1, 0.15) is 0 Å². The van der Waals surface area contributed by atoms with E-state index >= 15 is 0 Å². The van der Waals surface area contributed by atoms with Gasteiger partial charge in [0, 0.05) is 34.2 Å². The average Bonchev–Trinajstić information content (AvgIpc) is 3.86. The molecule has 0 N–H and O–H groups in total. The van der Waals surface area contributed by atoms with Gasteiger partial charge in [0.05, 0.1) is 11.1 Å². The first kappa shape index (κ1) is 34.1. The van der Waals surface area contributed by atoms with Crippen molar-refractivity contribution in [3.8, 4) is 44.5 Å². The normalized spacial score (nSPS) is 19.4. The lowest BCUT2D eigenvalue weighted by atomic mass is 9.64. The molecule has 0 amide bonds. The fourth-order valence-corrected chi connectivity index (χ4v) is 11.5. The molecule has 0 radical (unpaired) electrons. The Labute approximate surface area is 347 Å². The maximum Gasteiger partial charge on any atom is 0.0544 e. The second kappa shape index (κ2) is 12.8. The smallest absolute Gasteiger partial charge is 0.0544 e. The van der Waals surface area contributed by atoms with Gasteiger partial charge in [-0.2, -0.15) is 0 Å². The molecule has 0 saturated carbocycles. The highest BCUT2D eigenvalue weighted by atomic mass is 15.1. The molecule has 0 heterocycles. The van der Waals surface area contributed by atoms with Crippen molar-refractivity contribution in [2.75, 3.05) is 4.90 Å². The number of nitrogens with zero attached hydrogens (tertiary/aromatic N) is 1. The maximum absolute atomic E-state index is 2.48. The lowest BCUT2D eigenvalue weighted by Gasteiger charge is -2.37. The Morgan fingerprint density at radius 1 is 0.407 bits per heavy atom. The Hall–Kier alpha value is -6.96. The Kier molecular flexibility index (Phi) is 7.38. The predicted octanol–water partition coefficient (Wildman–Crippen LogP) is 15.0. The quantitative estimate of drug-likeness (QED) is 0.169. The van der Waals surface area contributed by atoms with E-state index in [1.54, 1.807) is 0 Å². The Morgan fingerprint density at radius 3 is 1.80 bits per heavy atom. The number of hydrogen-bond donors (Lipinski definition) is 0. The van der Waals surface area contributed by atoms with Gasteiger partial charge in [-0.25, -0.2) is 0 Å². The highest BCUT2D eigenvalue weighted by Gasteiger charge is 2.57. The molecule has 4 aliphatic carbocycles. The van der Waals surface area contributed by atoms with E-state index in [0.717, 1.165) is 17.1 Å². The molecular weight excluding hydrogens is 711 g/mol. The van der Waals surface area contributed by atoms with E-state index in [4.69, 9.17) is 0 Å². The van der Waals surface area contributed by atoms with E-state index in [9.17, 15) is 0 Å². The minimum atomic E-state index is -0.292. The van der Waals surface area contributed by atoms with Crippen molar-refractivity contribution < 1.29 is 0 Å². The molecule has 4 aliphatic rings. The zero-order valence-corrected chi connectivity index (χ0v) is 33.3. The summed E-state index contributed by atoms with van der Waals surface area (Å²) in [6, 6.07) is 70.5. The van der Waals surface area contributed by atoms with Gasteiger partial charge in [0.2, 0.25) is 0 Å². The van der Waals surface area contributed by atoms with Gasteiger partial charge in [-0.3, -0.25) is 0 Å². The fourth-order valence-electron chi connectivity index (χ4n) is 11.5. The van der Waals surface area contributed by atoms with E-state index in [-0.39, 0.29) is 16.7 Å². The second-order valence-corrected chi connectivity index (χ2v) is 17.2. The van der Waals surface area contributed by atoms with Crippen molar-refractivity contribution in [2.24, 2.45) is 5.92 Å². The van der Waals surface area contributed by atoms with Crippen molar-refractivity contribution in [3.63, 3.8) is 0 Å². The van der Waals surface area contributed by atoms with E-state index in [1.165, 1.54) is 77.9 Å². The molecule has 1 nitrogen and oxygen atoms in total. The van der Waals surface area contributed by atoms with Crippen LogP contribution in [0.1, 0.15) is 53.1 Å². The topological polar surface area (TPSA) is 3.24 Å². The first-order valence-electron chi connectivity index (χ1n) is 21.0. The van der Waals surface area contributed by atoms with Crippen molar-refractivity contribution in [2.45, 2.75) is 30.6 Å². The molecule has 1 spiro atoms. The summed E-state index contributed by atoms with van der Waals surface area (Å²) in [4.78, 5) is 2.47. The summed E-state index contributed by atoms with van der Waals surface area (Å²) in [5.41, 5.74) is 21.8. The molecular formula is C58H43N. The number of para-hydroxylation sites is 1. The second-order valence-electron chi connectivity index (χ2n) is 17.2. The monoisotopic (exact) mass is 753 g/mol. The maximum atomic E-state index is 2.48. The largest absolute Gasteiger partial charge is 0.310 e. The van der Waals surface area contributed by atoms with Crippen LogP contribution in [0.5, 0.6) is 0 Å². The minimum Gasteiger partial charge on any atom is -0.310 e. The molecule has 0 saturated heterocycles. The Balaban J connectivity index is 1.04.